The van der Waals surface area contributed by atoms with Gasteiger partial charge in [0.25, 0.3) is 0 Å². The van der Waals surface area contributed by atoms with Gasteiger partial charge in [0.15, 0.2) is 10.8 Å². The first-order chi connectivity index (χ1) is 10.3. The van der Waals surface area contributed by atoms with Crippen LogP contribution in [-0.2, 0) is 6.54 Å². The van der Waals surface area contributed by atoms with Crippen molar-refractivity contribution in [1.29, 1.82) is 0 Å². The number of rotatable bonds is 6. The monoisotopic (exact) mass is 305 g/mol. The van der Waals surface area contributed by atoms with Crippen molar-refractivity contribution in [3.63, 3.8) is 0 Å². The molecule has 21 heavy (non-hydrogen) atoms. The van der Waals surface area contributed by atoms with E-state index in [0.717, 1.165) is 48.6 Å². The molecule has 1 N–H and O–H groups in total. The van der Waals surface area contributed by atoms with E-state index in [0.29, 0.717) is 0 Å². The fraction of sp³-hybridized carbons (Fsp3) is 0.562. The Labute approximate surface area is 130 Å². The molecule has 1 aliphatic heterocycles. The first-order valence-electron chi connectivity index (χ1n) is 7.76. The van der Waals surface area contributed by atoms with Crippen molar-refractivity contribution in [3.05, 3.63) is 29.5 Å². The summed E-state index contributed by atoms with van der Waals surface area (Å²) in [5, 5.41) is 6.63. The molecule has 0 radical (unpaired) electrons. The summed E-state index contributed by atoms with van der Waals surface area (Å²) in [5.41, 5.74) is 1.15. The van der Waals surface area contributed by atoms with Crippen molar-refractivity contribution >= 4 is 11.3 Å². The first-order valence-corrected chi connectivity index (χ1v) is 8.64. The molecule has 1 saturated heterocycles. The van der Waals surface area contributed by atoms with E-state index in [1.54, 1.807) is 17.6 Å². The molecule has 3 rings (SSSR count). The van der Waals surface area contributed by atoms with Gasteiger partial charge in [-0.15, -0.1) is 11.3 Å². The Morgan fingerprint density at radius 2 is 2.48 bits per heavy atom. The third-order valence-corrected chi connectivity index (χ3v) is 4.94. The van der Waals surface area contributed by atoms with Crippen molar-refractivity contribution in [3.8, 4) is 10.8 Å². The molecule has 1 fully saturated rings. The lowest BCUT2D eigenvalue weighted by molar-refractivity contribution is 0.208. The Bertz CT molecular complexity index is 531. The molecular weight excluding hydrogens is 282 g/mol. The highest BCUT2D eigenvalue weighted by molar-refractivity contribution is 7.13. The molecule has 1 aliphatic rings. The average Bonchev–Trinajstić information content (AvgIpc) is 3.18. The average molecular weight is 305 g/mol. The minimum absolute atomic E-state index is 0.780. The molecule has 0 aromatic carbocycles. The highest BCUT2D eigenvalue weighted by Gasteiger charge is 2.17. The highest BCUT2D eigenvalue weighted by atomic mass is 32.1. The molecule has 1 atom stereocenters. The minimum Gasteiger partial charge on any atom is -0.462 e. The lowest BCUT2D eigenvalue weighted by atomic mass is 9.99. The van der Waals surface area contributed by atoms with Crippen molar-refractivity contribution < 1.29 is 4.42 Å². The van der Waals surface area contributed by atoms with Crippen LogP contribution in [0, 0.1) is 5.92 Å². The number of thiazole rings is 1. The summed E-state index contributed by atoms with van der Waals surface area (Å²) < 4.78 is 5.41. The largest absolute Gasteiger partial charge is 0.462 e. The smallest absolute Gasteiger partial charge is 0.162 e. The van der Waals surface area contributed by atoms with E-state index in [1.165, 1.54) is 19.4 Å². The van der Waals surface area contributed by atoms with E-state index >= 15 is 0 Å². The van der Waals surface area contributed by atoms with Gasteiger partial charge in [-0.2, -0.15) is 0 Å². The van der Waals surface area contributed by atoms with Crippen LogP contribution in [0.1, 0.15) is 25.5 Å². The molecule has 2 aromatic heterocycles. The maximum atomic E-state index is 5.41. The second-order valence-corrected chi connectivity index (χ2v) is 6.52. The maximum absolute atomic E-state index is 5.41. The number of furan rings is 1. The van der Waals surface area contributed by atoms with Crippen molar-refractivity contribution in [2.45, 2.75) is 26.3 Å². The molecule has 2 aromatic rings. The van der Waals surface area contributed by atoms with Gasteiger partial charge in [-0.1, -0.05) is 6.92 Å². The van der Waals surface area contributed by atoms with Crippen LogP contribution >= 0.6 is 11.3 Å². The lowest BCUT2D eigenvalue weighted by Crippen LogP contribution is -2.38. The van der Waals surface area contributed by atoms with Gasteiger partial charge in [0.05, 0.1) is 12.0 Å². The van der Waals surface area contributed by atoms with Crippen LogP contribution in [0.5, 0.6) is 0 Å². The zero-order valence-electron chi connectivity index (χ0n) is 12.5. The predicted octanol–water partition coefficient (Wildman–Crippen LogP) is 3.22. The molecule has 0 saturated carbocycles. The van der Waals surface area contributed by atoms with Crippen molar-refractivity contribution in [2.24, 2.45) is 5.92 Å². The van der Waals surface area contributed by atoms with Crippen LogP contribution in [0.15, 0.2) is 28.2 Å². The maximum Gasteiger partial charge on any atom is 0.162 e. The molecule has 3 heterocycles. The van der Waals surface area contributed by atoms with Crippen LogP contribution in [0.3, 0.4) is 0 Å². The van der Waals surface area contributed by atoms with Crippen LogP contribution in [0.4, 0.5) is 0 Å². The van der Waals surface area contributed by atoms with E-state index in [1.807, 2.05) is 12.1 Å². The fourth-order valence-corrected chi connectivity index (χ4v) is 3.65. The van der Waals surface area contributed by atoms with Gasteiger partial charge in [0.1, 0.15) is 0 Å². The van der Waals surface area contributed by atoms with Crippen LogP contribution < -0.4 is 5.32 Å². The van der Waals surface area contributed by atoms with E-state index in [9.17, 15) is 0 Å². The Morgan fingerprint density at radius 1 is 1.52 bits per heavy atom. The lowest BCUT2D eigenvalue weighted by Gasteiger charge is -2.28. The van der Waals surface area contributed by atoms with Crippen LogP contribution in [0.25, 0.3) is 10.8 Å². The molecular formula is C16H23N3OS. The Kier molecular flexibility index (Phi) is 5.06. The second kappa shape index (κ2) is 7.20. The number of hydrogen-bond acceptors (Lipinski definition) is 5. The number of aromatic nitrogens is 1. The van der Waals surface area contributed by atoms with E-state index in [4.69, 9.17) is 9.40 Å². The quantitative estimate of drug-likeness (QED) is 0.889. The van der Waals surface area contributed by atoms with Gasteiger partial charge < -0.3 is 9.73 Å². The molecule has 0 aliphatic carbocycles. The highest BCUT2D eigenvalue weighted by Crippen LogP contribution is 2.24. The van der Waals surface area contributed by atoms with E-state index < -0.39 is 0 Å². The van der Waals surface area contributed by atoms with Gasteiger partial charge in [-0.3, -0.25) is 4.90 Å². The van der Waals surface area contributed by atoms with Gasteiger partial charge >= 0.3 is 0 Å². The second-order valence-electron chi connectivity index (χ2n) is 5.66. The SMILES string of the molecule is CCN(Cc1csc(-c2ccco2)n1)CC1CCCNC1. The molecule has 4 nitrogen and oxygen atoms in total. The minimum atomic E-state index is 0.780. The summed E-state index contributed by atoms with van der Waals surface area (Å²) in [6, 6.07) is 3.87. The molecule has 0 bridgehead atoms. The normalized spacial score (nSPS) is 19.2. The number of piperidine rings is 1. The van der Waals surface area contributed by atoms with Gasteiger partial charge in [-0.25, -0.2) is 4.98 Å². The first kappa shape index (κ1) is 14.8. The zero-order chi connectivity index (χ0) is 14.5. The van der Waals surface area contributed by atoms with Gasteiger partial charge in [-0.05, 0) is 50.5 Å². The summed E-state index contributed by atoms with van der Waals surface area (Å²) in [6.07, 6.45) is 4.35. The summed E-state index contributed by atoms with van der Waals surface area (Å²) in [5.74, 6) is 1.65. The molecule has 0 amide bonds. The molecule has 0 spiro atoms. The molecule has 5 heteroatoms. The standard InChI is InChI=1S/C16H23N3OS/c1-2-19(10-13-5-3-7-17-9-13)11-14-12-21-16(18-14)15-6-4-8-20-15/h4,6,8,12-13,17H,2-3,5,7,9-11H2,1H3. The van der Waals surface area contributed by atoms with Crippen LogP contribution in [-0.4, -0.2) is 36.1 Å². The zero-order valence-corrected chi connectivity index (χ0v) is 13.4. The van der Waals surface area contributed by atoms with Crippen LogP contribution in [0.2, 0.25) is 0 Å². The van der Waals surface area contributed by atoms with E-state index in [-0.39, 0.29) is 0 Å². The number of nitrogens with zero attached hydrogens (tertiary/aromatic N) is 2. The third-order valence-electron chi connectivity index (χ3n) is 4.03. The fourth-order valence-electron chi connectivity index (χ4n) is 2.87. The van der Waals surface area contributed by atoms with Crippen molar-refractivity contribution in [1.82, 2.24) is 15.2 Å². The summed E-state index contributed by atoms with van der Waals surface area (Å²) in [7, 11) is 0. The third kappa shape index (κ3) is 3.93. The topological polar surface area (TPSA) is 41.3 Å². The van der Waals surface area contributed by atoms with E-state index in [2.05, 4.69) is 22.5 Å². The molecule has 114 valence electrons. The Hall–Kier alpha value is -1.17. The number of nitrogens with one attached hydrogen (secondary N) is 1. The number of hydrogen-bond donors (Lipinski definition) is 1. The van der Waals surface area contributed by atoms with Crippen molar-refractivity contribution in [2.75, 3.05) is 26.2 Å². The summed E-state index contributed by atoms with van der Waals surface area (Å²) in [4.78, 5) is 7.20. The van der Waals surface area contributed by atoms with Gasteiger partial charge in [0, 0.05) is 18.5 Å². The Morgan fingerprint density at radius 3 is 3.19 bits per heavy atom. The molecule has 1 unspecified atom stereocenters. The summed E-state index contributed by atoms with van der Waals surface area (Å²) >= 11 is 1.66. The Balaban J connectivity index is 1.58. The van der Waals surface area contributed by atoms with Gasteiger partial charge in [0.2, 0.25) is 0 Å². The summed E-state index contributed by atoms with van der Waals surface area (Å²) in [6.45, 7) is 7.74. The predicted molar refractivity (Wildman–Crippen MR) is 86.4 cm³/mol.